The Kier molecular flexibility index (Phi) is 4.41. The van der Waals surface area contributed by atoms with E-state index in [9.17, 15) is 12.8 Å². The van der Waals surface area contributed by atoms with Crippen LogP contribution in [0.2, 0.25) is 0 Å². The Bertz CT molecular complexity index is 767. The van der Waals surface area contributed by atoms with Gasteiger partial charge in [-0.15, -0.1) is 11.3 Å². The number of nitrogens with zero attached hydrogens (tertiary/aromatic N) is 1. The zero-order chi connectivity index (χ0) is 15.8. The van der Waals surface area contributed by atoms with Crippen LogP contribution in [0, 0.1) is 5.82 Å². The zero-order valence-corrected chi connectivity index (χ0v) is 14.9. The molecule has 1 heterocycles. The highest BCUT2D eigenvalue weighted by Crippen LogP contribution is 2.29. The Balaban J connectivity index is 2.31. The van der Waals surface area contributed by atoms with Gasteiger partial charge >= 0.3 is 0 Å². The van der Waals surface area contributed by atoms with Crippen LogP contribution in [0.5, 0.6) is 0 Å². The highest BCUT2D eigenvalue weighted by Gasteiger charge is 2.22. The van der Waals surface area contributed by atoms with Crippen molar-refractivity contribution in [3.63, 3.8) is 0 Å². The molecular formula is C13H14BrFN2O2S2. The normalized spacial score (nSPS) is 12.4. The molecule has 0 radical (unpaired) electrons. The Labute approximate surface area is 135 Å². The Morgan fingerprint density at radius 3 is 2.52 bits per heavy atom. The summed E-state index contributed by atoms with van der Waals surface area (Å²) in [4.78, 5) is 4.25. The first-order chi connectivity index (χ1) is 9.59. The lowest BCUT2D eigenvalue weighted by atomic mass is 9.93. The van der Waals surface area contributed by atoms with Gasteiger partial charge in [-0.3, -0.25) is 4.72 Å². The summed E-state index contributed by atoms with van der Waals surface area (Å²) in [7, 11) is -3.81. The van der Waals surface area contributed by atoms with Crippen LogP contribution in [-0.2, 0) is 15.4 Å². The highest BCUT2D eigenvalue weighted by atomic mass is 79.9. The molecule has 0 aliphatic heterocycles. The molecule has 0 bridgehead atoms. The molecule has 21 heavy (non-hydrogen) atoms. The zero-order valence-electron chi connectivity index (χ0n) is 11.6. The lowest BCUT2D eigenvalue weighted by Gasteiger charge is -2.14. The van der Waals surface area contributed by atoms with E-state index in [1.807, 2.05) is 26.2 Å². The first kappa shape index (κ1) is 16.4. The molecule has 0 amide bonds. The van der Waals surface area contributed by atoms with E-state index >= 15 is 0 Å². The maximum atomic E-state index is 13.0. The van der Waals surface area contributed by atoms with Crippen molar-refractivity contribution in [2.75, 3.05) is 4.72 Å². The van der Waals surface area contributed by atoms with Crippen molar-refractivity contribution in [1.82, 2.24) is 4.98 Å². The molecule has 1 aromatic carbocycles. The van der Waals surface area contributed by atoms with Crippen molar-refractivity contribution in [2.24, 2.45) is 0 Å². The molecule has 0 spiro atoms. The number of aromatic nitrogens is 1. The van der Waals surface area contributed by atoms with E-state index < -0.39 is 15.8 Å². The second-order valence-electron chi connectivity index (χ2n) is 5.47. The lowest BCUT2D eigenvalue weighted by molar-refractivity contribution is 0.573. The van der Waals surface area contributed by atoms with Gasteiger partial charge in [-0.25, -0.2) is 17.8 Å². The molecular weight excluding hydrogens is 379 g/mol. The predicted octanol–water partition coefficient (Wildman–Crippen LogP) is 4.14. The molecule has 0 unspecified atom stereocenters. The average Bonchev–Trinajstić information content (AvgIpc) is 2.75. The van der Waals surface area contributed by atoms with Crippen molar-refractivity contribution in [1.29, 1.82) is 0 Å². The quantitative estimate of drug-likeness (QED) is 0.853. The van der Waals surface area contributed by atoms with Gasteiger partial charge in [0.25, 0.3) is 10.0 Å². The first-order valence-electron chi connectivity index (χ1n) is 6.03. The van der Waals surface area contributed by atoms with Crippen LogP contribution in [0.1, 0.15) is 26.5 Å². The minimum atomic E-state index is -3.81. The van der Waals surface area contributed by atoms with Gasteiger partial charge in [0.05, 0.1) is 5.69 Å². The number of sulfonamides is 1. The van der Waals surface area contributed by atoms with Crippen molar-refractivity contribution in [2.45, 2.75) is 31.1 Å². The molecule has 0 fully saturated rings. The molecule has 0 saturated carbocycles. The minimum absolute atomic E-state index is 0.0311. The third-order valence-corrected chi connectivity index (χ3v) is 5.88. The van der Waals surface area contributed by atoms with Crippen LogP contribution in [0.15, 0.2) is 32.9 Å². The van der Waals surface area contributed by atoms with E-state index in [-0.39, 0.29) is 19.9 Å². The van der Waals surface area contributed by atoms with Crippen LogP contribution < -0.4 is 4.72 Å². The van der Waals surface area contributed by atoms with Gasteiger partial charge in [-0.2, -0.15) is 0 Å². The Morgan fingerprint density at radius 2 is 2.00 bits per heavy atom. The van der Waals surface area contributed by atoms with Gasteiger partial charge in [-0.05, 0) is 34.1 Å². The molecule has 8 heteroatoms. The summed E-state index contributed by atoms with van der Waals surface area (Å²) < 4.78 is 40.2. The van der Waals surface area contributed by atoms with Gasteiger partial charge in [0.1, 0.15) is 10.7 Å². The van der Waals surface area contributed by atoms with Gasteiger partial charge in [-0.1, -0.05) is 20.8 Å². The number of rotatable bonds is 3. The van der Waals surface area contributed by atoms with Crippen LogP contribution in [0.25, 0.3) is 0 Å². The molecule has 0 aliphatic rings. The van der Waals surface area contributed by atoms with Gasteiger partial charge in [0.15, 0.2) is 5.13 Å². The summed E-state index contributed by atoms with van der Waals surface area (Å²) in [5, 5.41) is 2.11. The molecule has 4 nitrogen and oxygen atoms in total. The van der Waals surface area contributed by atoms with Crippen LogP contribution in [-0.4, -0.2) is 13.4 Å². The summed E-state index contributed by atoms with van der Waals surface area (Å²) in [6.07, 6.45) is 0. The number of nitrogens with one attached hydrogen (secondary N) is 1. The third-order valence-electron chi connectivity index (χ3n) is 2.68. The lowest BCUT2D eigenvalue weighted by Crippen LogP contribution is -2.15. The number of benzene rings is 1. The van der Waals surface area contributed by atoms with E-state index in [1.54, 1.807) is 0 Å². The molecule has 0 aliphatic carbocycles. The van der Waals surface area contributed by atoms with Crippen molar-refractivity contribution >= 4 is 42.4 Å². The van der Waals surface area contributed by atoms with E-state index in [0.29, 0.717) is 0 Å². The van der Waals surface area contributed by atoms with Gasteiger partial charge in [0, 0.05) is 15.3 Å². The number of halogens is 2. The first-order valence-corrected chi connectivity index (χ1v) is 9.19. The number of hydrogen-bond donors (Lipinski definition) is 1. The van der Waals surface area contributed by atoms with E-state index in [4.69, 9.17) is 0 Å². The predicted molar refractivity (Wildman–Crippen MR) is 85.7 cm³/mol. The summed E-state index contributed by atoms with van der Waals surface area (Å²) in [5.74, 6) is -0.509. The standard InChI is InChI=1S/C13H14BrFN2O2S2/c1-13(2,3)11-7-20-12(16-11)17-21(18,19)10-5-4-8(15)6-9(10)14/h4-7H,1-3H3,(H,16,17). The maximum absolute atomic E-state index is 13.0. The SMILES string of the molecule is CC(C)(C)c1csc(NS(=O)(=O)c2ccc(F)cc2Br)n1. The second-order valence-corrected chi connectivity index (χ2v) is 8.83. The van der Waals surface area contributed by atoms with Crippen molar-refractivity contribution < 1.29 is 12.8 Å². The average molecular weight is 393 g/mol. The molecule has 2 aromatic rings. The molecule has 0 saturated heterocycles. The fourth-order valence-corrected chi connectivity index (χ4v) is 4.77. The summed E-state index contributed by atoms with van der Waals surface area (Å²) in [6, 6.07) is 3.42. The Hall–Kier alpha value is -0.990. The van der Waals surface area contributed by atoms with E-state index in [1.165, 1.54) is 17.4 Å². The molecule has 1 aromatic heterocycles. The van der Waals surface area contributed by atoms with Crippen LogP contribution >= 0.6 is 27.3 Å². The summed E-state index contributed by atoms with van der Waals surface area (Å²) in [5.41, 5.74) is 0.653. The molecule has 2 rings (SSSR count). The topological polar surface area (TPSA) is 59.1 Å². The number of anilines is 1. The molecule has 114 valence electrons. The van der Waals surface area contributed by atoms with Gasteiger partial charge < -0.3 is 0 Å². The van der Waals surface area contributed by atoms with E-state index in [0.717, 1.165) is 17.8 Å². The third kappa shape index (κ3) is 3.81. The maximum Gasteiger partial charge on any atom is 0.264 e. The smallest absolute Gasteiger partial charge is 0.255 e. The minimum Gasteiger partial charge on any atom is -0.255 e. The van der Waals surface area contributed by atoms with Gasteiger partial charge in [0.2, 0.25) is 0 Å². The molecule has 1 N–H and O–H groups in total. The highest BCUT2D eigenvalue weighted by molar-refractivity contribution is 9.10. The molecule has 0 atom stereocenters. The van der Waals surface area contributed by atoms with Crippen LogP contribution in [0.3, 0.4) is 0 Å². The Morgan fingerprint density at radius 1 is 1.33 bits per heavy atom. The summed E-state index contributed by atoms with van der Waals surface area (Å²) in [6.45, 7) is 5.99. The fourth-order valence-electron chi connectivity index (χ4n) is 1.53. The monoisotopic (exact) mass is 392 g/mol. The van der Waals surface area contributed by atoms with Crippen molar-refractivity contribution in [3.05, 3.63) is 39.6 Å². The van der Waals surface area contributed by atoms with E-state index in [2.05, 4.69) is 25.6 Å². The number of thiazole rings is 1. The number of hydrogen-bond acceptors (Lipinski definition) is 4. The summed E-state index contributed by atoms with van der Waals surface area (Å²) >= 11 is 4.27. The second kappa shape index (κ2) is 5.66. The van der Waals surface area contributed by atoms with Crippen molar-refractivity contribution in [3.8, 4) is 0 Å². The largest absolute Gasteiger partial charge is 0.264 e. The fraction of sp³-hybridized carbons (Fsp3) is 0.308. The van der Waals surface area contributed by atoms with Crippen LogP contribution in [0.4, 0.5) is 9.52 Å².